The van der Waals surface area contributed by atoms with Crippen LogP contribution in [0.2, 0.25) is 0 Å². The van der Waals surface area contributed by atoms with Gasteiger partial charge in [0.15, 0.2) is 0 Å². The van der Waals surface area contributed by atoms with E-state index in [2.05, 4.69) is 10.1 Å². The first-order chi connectivity index (χ1) is 9.74. The van der Waals surface area contributed by atoms with E-state index >= 15 is 0 Å². The molecule has 20 heavy (non-hydrogen) atoms. The van der Waals surface area contributed by atoms with Gasteiger partial charge in [0.1, 0.15) is 0 Å². The minimum atomic E-state index is -0.237. The summed E-state index contributed by atoms with van der Waals surface area (Å²) in [6.45, 7) is 4.21. The van der Waals surface area contributed by atoms with Crippen molar-refractivity contribution in [2.75, 3.05) is 26.3 Å². The average molecular weight is 273 g/mol. The smallest absolute Gasteiger partial charge is 0.316 e. The minimum absolute atomic E-state index is 0.0301. The number of hydrogen-bond donors (Lipinski definition) is 0. The fourth-order valence-electron chi connectivity index (χ4n) is 2.03. The Morgan fingerprint density at radius 1 is 1.20 bits per heavy atom. The van der Waals surface area contributed by atoms with Gasteiger partial charge in [-0.15, -0.1) is 0 Å². The summed E-state index contributed by atoms with van der Waals surface area (Å²) in [6, 6.07) is 7.75. The fourth-order valence-corrected chi connectivity index (χ4v) is 2.03. The second-order valence-electron chi connectivity index (χ2n) is 4.69. The number of ether oxygens (including phenoxy) is 1. The van der Waals surface area contributed by atoms with Crippen molar-refractivity contribution >= 4 is 5.91 Å². The van der Waals surface area contributed by atoms with Crippen molar-refractivity contribution in [3.63, 3.8) is 0 Å². The zero-order valence-corrected chi connectivity index (χ0v) is 11.2. The van der Waals surface area contributed by atoms with Gasteiger partial charge in [0.05, 0.1) is 13.2 Å². The Bertz CT molecular complexity index is 600. The molecule has 1 fully saturated rings. The Morgan fingerprint density at radius 2 is 1.90 bits per heavy atom. The average Bonchev–Trinajstić information content (AvgIpc) is 2.98. The van der Waals surface area contributed by atoms with Crippen molar-refractivity contribution in [3.8, 4) is 11.4 Å². The second-order valence-corrected chi connectivity index (χ2v) is 4.69. The normalized spacial score (nSPS) is 15.3. The summed E-state index contributed by atoms with van der Waals surface area (Å²) in [5, 5.41) is 3.87. The molecule has 0 N–H and O–H groups in total. The number of hydrogen-bond acceptors (Lipinski definition) is 5. The molecule has 2 heterocycles. The molecular formula is C14H15N3O3. The van der Waals surface area contributed by atoms with Crippen molar-refractivity contribution < 1.29 is 14.1 Å². The van der Waals surface area contributed by atoms with Crippen LogP contribution in [0.3, 0.4) is 0 Å². The number of amides is 1. The summed E-state index contributed by atoms with van der Waals surface area (Å²) in [5.74, 6) is 0.225. The maximum atomic E-state index is 12.2. The number of aromatic nitrogens is 2. The first-order valence-electron chi connectivity index (χ1n) is 6.52. The van der Waals surface area contributed by atoms with Crippen LogP contribution in [0.15, 0.2) is 28.8 Å². The van der Waals surface area contributed by atoms with Gasteiger partial charge in [-0.05, 0) is 6.92 Å². The van der Waals surface area contributed by atoms with Crippen LogP contribution < -0.4 is 0 Å². The Kier molecular flexibility index (Phi) is 3.47. The maximum absolute atomic E-state index is 12.2. The van der Waals surface area contributed by atoms with Gasteiger partial charge in [-0.1, -0.05) is 35.0 Å². The molecule has 0 spiro atoms. The highest BCUT2D eigenvalue weighted by atomic mass is 16.5. The number of carbonyl (C=O) groups excluding carboxylic acids is 1. The lowest BCUT2D eigenvalue weighted by atomic mass is 10.1. The Balaban J connectivity index is 1.79. The summed E-state index contributed by atoms with van der Waals surface area (Å²) in [7, 11) is 0. The van der Waals surface area contributed by atoms with Crippen molar-refractivity contribution in [2.45, 2.75) is 6.92 Å². The Labute approximate surface area is 116 Å². The zero-order valence-electron chi connectivity index (χ0n) is 11.2. The number of morpholine rings is 1. The lowest BCUT2D eigenvalue weighted by Gasteiger charge is -2.25. The van der Waals surface area contributed by atoms with Crippen LogP contribution in [0.5, 0.6) is 0 Å². The minimum Gasteiger partial charge on any atom is -0.378 e. The van der Waals surface area contributed by atoms with Crippen molar-refractivity contribution in [2.24, 2.45) is 0 Å². The lowest BCUT2D eigenvalue weighted by molar-refractivity contribution is 0.0272. The fraction of sp³-hybridized carbons (Fsp3) is 0.357. The van der Waals surface area contributed by atoms with Gasteiger partial charge in [-0.2, -0.15) is 4.98 Å². The zero-order chi connectivity index (χ0) is 13.9. The largest absolute Gasteiger partial charge is 0.378 e. The molecule has 0 atom stereocenters. The maximum Gasteiger partial charge on any atom is 0.316 e. The van der Waals surface area contributed by atoms with Gasteiger partial charge in [-0.25, -0.2) is 0 Å². The molecule has 3 rings (SSSR count). The van der Waals surface area contributed by atoms with Crippen LogP contribution in [0.25, 0.3) is 11.4 Å². The first-order valence-corrected chi connectivity index (χ1v) is 6.52. The second kappa shape index (κ2) is 5.42. The van der Waals surface area contributed by atoms with E-state index < -0.39 is 0 Å². The topological polar surface area (TPSA) is 68.5 Å². The molecule has 104 valence electrons. The van der Waals surface area contributed by atoms with Gasteiger partial charge in [0.2, 0.25) is 5.82 Å². The third-order valence-corrected chi connectivity index (χ3v) is 3.22. The molecule has 1 amide bonds. The van der Waals surface area contributed by atoms with Gasteiger partial charge in [0.25, 0.3) is 0 Å². The third-order valence-electron chi connectivity index (χ3n) is 3.22. The summed E-state index contributed by atoms with van der Waals surface area (Å²) in [6.07, 6.45) is 0. The number of carbonyl (C=O) groups is 1. The van der Waals surface area contributed by atoms with Crippen LogP contribution in [-0.2, 0) is 4.74 Å². The first kappa shape index (κ1) is 12.8. The quantitative estimate of drug-likeness (QED) is 0.829. The van der Waals surface area contributed by atoms with E-state index in [1.165, 1.54) is 0 Å². The molecule has 1 aromatic heterocycles. The molecule has 1 saturated heterocycles. The van der Waals surface area contributed by atoms with Gasteiger partial charge in [0, 0.05) is 18.7 Å². The van der Waals surface area contributed by atoms with E-state index in [1.54, 1.807) is 4.90 Å². The lowest BCUT2D eigenvalue weighted by Crippen LogP contribution is -2.40. The highest BCUT2D eigenvalue weighted by molar-refractivity contribution is 5.90. The van der Waals surface area contributed by atoms with E-state index in [9.17, 15) is 4.79 Å². The van der Waals surface area contributed by atoms with E-state index in [-0.39, 0.29) is 11.8 Å². The number of benzene rings is 1. The molecular weight excluding hydrogens is 258 g/mol. The molecule has 1 aromatic carbocycles. The molecule has 1 aliphatic rings. The van der Waals surface area contributed by atoms with Gasteiger partial charge < -0.3 is 14.2 Å². The standard InChI is InChI=1S/C14H15N3O3/c1-10-2-4-11(5-3-10)12-15-13(20-16-12)14(18)17-6-8-19-9-7-17/h2-5H,6-9H2,1H3. The number of nitrogens with zero attached hydrogens (tertiary/aromatic N) is 3. The highest BCUT2D eigenvalue weighted by Crippen LogP contribution is 2.17. The van der Waals surface area contributed by atoms with Crippen LogP contribution in [0, 0.1) is 6.92 Å². The van der Waals surface area contributed by atoms with Crippen molar-refractivity contribution in [3.05, 3.63) is 35.7 Å². The van der Waals surface area contributed by atoms with Gasteiger partial charge >= 0.3 is 11.8 Å². The molecule has 1 aliphatic heterocycles. The van der Waals surface area contributed by atoms with E-state index in [4.69, 9.17) is 9.26 Å². The molecule has 2 aromatic rings. The monoisotopic (exact) mass is 273 g/mol. The van der Waals surface area contributed by atoms with E-state index in [0.717, 1.165) is 11.1 Å². The molecule has 6 nitrogen and oxygen atoms in total. The summed E-state index contributed by atoms with van der Waals surface area (Å²) in [5.41, 5.74) is 1.99. The van der Waals surface area contributed by atoms with E-state index in [0.29, 0.717) is 32.1 Å². The highest BCUT2D eigenvalue weighted by Gasteiger charge is 2.24. The van der Waals surface area contributed by atoms with Crippen LogP contribution in [0.1, 0.15) is 16.2 Å². The molecule has 0 radical (unpaired) electrons. The third kappa shape index (κ3) is 2.55. The molecule has 0 saturated carbocycles. The molecule has 0 bridgehead atoms. The van der Waals surface area contributed by atoms with Crippen molar-refractivity contribution in [1.82, 2.24) is 15.0 Å². The van der Waals surface area contributed by atoms with Crippen LogP contribution >= 0.6 is 0 Å². The number of rotatable bonds is 2. The SMILES string of the molecule is Cc1ccc(-c2noc(C(=O)N3CCOCC3)n2)cc1. The van der Waals surface area contributed by atoms with Crippen LogP contribution in [0.4, 0.5) is 0 Å². The van der Waals surface area contributed by atoms with E-state index in [1.807, 2.05) is 31.2 Å². The van der Waals surface area contributed by atoms with Crippen molar-refractivity contribution in [1.29, 1.82) is 0 Å². The summed E-state index contributed by atoms with van der Waals surface area (Å²) in [4.78, 5) is 18.0. The molecule has 0 aliphatic carbocycles. The van der Waals surface area contributed by atoms with Gasteiger partial charge in [-0.3, -0.25) is 4.79 Å². The molecule has 0 unspecified atom stereocenters. The van der Waals surface area contributed by atoms with Crippen LogP contribution in [-0.4, -0.2) is 47.3 Å². The molecule has 6 heteroatoms. The Hall–Kier alpha value is -2.21. The Morgan fingerprint density at radius 3 is 2.60 bits per heavy atom. The predicted octanol–water partition coefficient (Wildman–Crippen LogP) is 1.52. The predicted molar refractivity (Wildman–Crippen MR) is 71.2 cm³/mol. The number of aryl methyl sites for hydroxylation is 1. The summed E-state index contributed by atoms with van der Waals surface area (Å²) < 4.78 is 10.3. The summed E-state index contributed by atoms with van der Waals surface area (Å²) >= 11 is 0.